The van der Waals surface area contributed by atoms with E-state index < -0.39 is 0 Å². The van der Waals surface area contributed by atoms with Crippen molar-refractivity contribution in [2.75, 3.05) is 32.1 Å². The summed E-state index contributed by atoms with van der Waals surface area (Å²) < 4.78 is 0. The molecule has 0 saturated carbocycles. The summed E-state index contributed by atoms with van der Waals surface area (Å²) >= 11 is 0. The van der Waals surface area contributed by atoms with E-state index in [1.165, 1.54) is 5.56 Å². The maximum absolute atomic E-state index is 13.5. The minimum absolute atomic E-state index is 0.0807. The van der Waals surface area contributed by atoms with E-state index in [0.29, 0.717) is 0 Å². The molecule has 158 valence electrons. The van der Waals surface area contributed by atoms with E-state index in [9.17, 15) is 4.79 Å². The minimum Gasteiger partial charge on any atom is -0.308 e. The van der Waals surface area contributed by atoms with Crippen molar-refractivity contribution >= 4 is 17.7 Å². The van der Waals surface area contributed by atoms with Gasteiger partial charge in [0.25, 0.3) is 5.91 Å². The predicted octanol–water partition coefficient (Wildman–Crippen LogP) is 5.91. The lowest BCUT2D eigenvalue weighted by Gasteiger charge is -2.24. The van der Waals surface area contributed by atoms with Crippen molar-refractivity contribution in [3.05, 3.63) is 95.6 Å². The van der Waals surface area contributed by atoms with Gasteiger partial charge in [-0.15, -0.1) is 0 Å². The lowest BCUT2D eigenvalue weighted by molar-refractivity contribution is 0.0987. The molecule has 1 aliphatic heterocycles. The van der Waals surface area contributed by atoms with Crippen LogP contribution in [-0.2, 0) is 6.42 Å². The fraction of sp³-hybridized carbons (Fsp3) is 0.250. The third-order valence-corrected chi connectivity index (χ3v) is 5.74. The smallest absolute Gasteiger partial charge is 0.258 e. The van der Waals surface area contributed by atoms with Crippen LogP contribution in [0.25, 0.3) is 17.2 Å². The molecule has 3 nitrogen and oxygen atoms in total. The Kier molecular flexibility index (Phi) is 6.63. The maximum atomic E-state index is 13.5. The zero-order chi connectivity index (χ0) is 21.6. The van der Waals surface area contributed by atoms with Crippen molar-refractivity contribution in [2.45, 2.75) is 19.3 Å². The van der Waals surface area contributed by atoms with E-state index >= 15 is 0 Å². The average molecular weight is 411 g/mol. The van der Waals surface area contributed by atoms with Gasteiger partial charge in [-0.05, 0) is 73.8 Å². The molecule has 0 atom stereocenters. The second kappa shape index (κ2) is 9.76. The first-order valence-corrected chi connectivity index (χ1v) is 11.0. The third kappa shape index (κ3) is 5.12. The van der Waals surface area contributed by atoms with E-state index in [-0.39, 0.29) is 5.91 Å². The number of amides is 1. The standard InChI is InChI=1S/C28H30N2O/c1-29(2)19-8-9-22-13-14-25-12-6-7-20-30(27(25)21-22)28(31)26-17-15-24(16-18-26)23-10-4-3-5-11-23/h3-5,8-11,13-18,21H,6-7,12,19-20H2,1-2H3/b9-8+. The Morgan fingerprint density at radius 2 is 1.68 bits per heavy atom. The van der Waals surface area contributed by atoms with Gasteiger partial charge in [-0.1, -0.05) is 66.7 Å². The molecule has 0 saturated heterocycles. The van der Waals surface area contributed by atoms with Gasteiger partial charge in [0.2, 0.25) is 0 Å². The van der Waals surface area contributed by atoms with Gasteiger partial charge in [-0.25, -0.2) is 0 Å². The van der Waals surface area contributed by atoms with Gasteiger partial charge in [0, 0.05) is 24.3 Å². The van der Waals surface area contributed by atoms with E-state index in [1.54, 1.807) is 0 Å². The van der Waals surface area contributed by atoms with E-state index in [0.717, 1.165) is 60.3 Å². The number of benzene rings is 3. The minimum atomic E-state index is 0.0807. The molecule has 3 heteroatoms. The normalized spacial score (nSPS) is 14.0. The van der Waals surface area contributed by atoms with Crippen LogP contribution in [-0.4, -0.2) is 38.0 Å². The number of fused-ring (bicyclic) bond motifs is 1. The number of hydrogen-bond acceptors (Lipinski definition) is 2. The fourth-order valence-electron chi connectivity index (χ4n) is 4.06. The number of likely N-dealkylation sites (N-methyl/N-ethyl adjacent to an activating group) is 1. The number of aryl methyl sites for hydroxylation is 1. The van der Waals surface area contributed by atoms with Gasteiger partial charge in [0.1, 0.15) is 0 Å². The van der Waals surface area contributed by atoms with Crippen molar-refractivity contribution in [3.63, 3.8) is 0 Å². The Morgan fingerprint density at radius 1 is 0.935 bits per heavy atom. The predicted molar refractivity (Wildman–Crippen MR) is 131 cm³/mol. The highest BCUT2D eigenvalue weighted by atomic mass is 16.2. The molecular formula is C28H30N2O. The molecule has 1 aliphatic rings. The number of hydrogen-bond donors (Lipinski definition) is 0. The second-order valence-corrected chi connectivity index (χ2v) is 8.41. The van der Waals surface area contributed by atoms with Crippen LogP contribution in [0.4, 0.5) is 5.69 Å². The molecule has 0 radical (unpaired) electrons. The SMILES string of the molecule is CN(C)C/C=C/c1ccc2c(c1)N(C(=O)c1ccc(-c3ccccc3)cc1)CCCC2. The zero-order valence-electron chi connectivity index (χ0n) is 18.4. The summed E-state index contributed by atoms with van der Waals surface area (Å²) in [6.07, 6.45) is 7.46. The van der Waals surface area contributed by atoms with Gasteiger partial charge < -0.3 is 9.80 Å². The summed E-state index contributed by atoms with van der Waals surface area (Å²) in [5.74, 6) is 0.0807. The highest BCUT2D eigenvalue weighted by molar-refractivity contribution is 6.07. The maximum Gasteiger partial charge on any atom is 0.258 e. The molecule has 1 amide bonds. The van der Waals surface area contributed by atoms with Crippen LogP contribution in [0.2, 0.25) is 0 Å². The van der Waals surface area contributed by atoms with Crippen LogP contribution in [0.1, 0.15) is 34.3 Å². The average Bonchev–Trinajstić information content (AvgIpc) is 3.01. The van der Waals surface area contributed by atoms with Crippen LogP contribution in [0.5, 0.6) is 0 Å². The molecule has 0 fully saturated rings. The van der Waals surface area contributed by atoms with Crippen LogP contribution >= 0.6 is 0 Å². The van der Waals surface area contributed by atoms with Gasteiger partial charge in [0.05, 0.1) is 0 Å². The van der Waals surface area contributed by atoms with Crippen LogP contribution in [0, 0.1) is 0 Å². The number of nitrogens with zero attached hydrogens (tertiary/aromatic N) is 2. The first kappa shape index (κ1) is 21.1. The van der Waals surface area contributed by atoms with Gasteiger partial charge >= 0.3 is 0 Å². The number of anilines is 1. The Hall–Kier alpha value is -3.17. The largest absolute Gasteiger partial charge is 0.308 e. The molecule has 1 heterocycles. The number of rotatable bonds is 5. The molecule has 4 rings (SSSR count). The molecule has 0 bridgehead atoms. The van der Waals surface area contributed by atoms with E-state index in [1.807, 2.05) is 47.4 Å². The lowest BCUT2D eigenvalue weighted by Crippen LogP contribution is -2.31. The molecular weight excluding hydrogens is 380 g/mol. The molecule has 0 aromatic heterocycles. The van der Waals surface area contributed by atoms with Gasteiger partial charge in [-0.2, -0.15) is 0 Å². The van der Waals surface area contributed by atoms with Crippen LogP contribution in [0.15, 0.2) is 78.9 Å². The zero-order valence-corrected chi connectivity index (χ0v) is 18.4. The lowest BCUT2D eigenvalue weighted by atomic mass is 10.0. The summed E-state index contributed by atoms with van der Waals surface area (Å²) in [6.45, 7) is 1.66. The molecule has 0 spiro atoms. The summed E-state index contributed by atoms with van der Waals surface area (Å²) in [5, 5.41) is 0. The Labute approximate surface area is 185 Å². The van der Waals surface area contributed by atoms with E-state index in [4.69, 9.17) is 0 Å². The van der Waals surface area contributed by atoms with Gasteiger partial charge in [0.15, 0.2) is 0 Å². The topological polar surface area (TPSA) is 23.6 Å². The first-order chi connectivity index (χ1) is 15.1. The molecule has 0 aliphatic carbocycles. The summed E-state index contributed by atoms with van der Waals surface area (Å²) in [5.41, 5.74) is 6.48. The highest BCUT2D eigenvalue weighted by Crippen LogP contribution is 2.30. The van der Waals surface area contributed by atoms with Crippen LogP contribution < -0.4 is 4.90 Å². The Balaban J connectivity index is 1.60. The molecule has 3 aromatic carbocycles. The summed E-state index contributed by atoms with van der Waals surface area (Å²) in [6, 6.07) is 24.8. The van der Waals surface area contributed by atoms with Crippen molar-refractivity contribution in [2.24, 2.45) is 0 Å². The van der Waals surface area contributed by atoms with Gasteiger partial charge in [-0.3, -0.25) is 4.79 Å². The van der Waals surface area contributed by atoms with Crippen molar-refractivity contribution in [3.8, 4) is 11.1 Å². The van der Waals surface area contributed by atoms with E-state index in [2.05, 4.69) is 61.5 Å². The molecule has 3 aromatic rings. The number of carbonyl (C=O) groups is 1. The Morgan fingerprint density at radius 3 is 2.42 bits per heavy atom. The number of carbonyl (C=O) groups excluding carboxylic acids is 1. The molecule has 0 N–H and O–H groups in total. The summed E-state index contributed by atoms with van der Waals surface area (Å²) in [7, 11) is 4.12. The van der Waals surface area contributed by atoms with Crippen molar-refractivity contribution in [1.82, 2.24) is 4.90 Å². The summed E-state index contributed by atoms with van der Waals surface area (Å²) in [4.78, 5) is 17.6. The molecule has 0 unspecified atom stereocenters. The monoisotopic (exact) mass is 410 g/mol. The third-order valence-electron chi connectivity index (χ3n) is 5.74. The van der Waals surface area contributed by atoms with Crippen LogP contribution in [0.3, 0.4) is 0 Å². The Bertz CT molecular complexity index is 1050. The van der Waals surface area contributed by atoms with Crippen molar-refractivity contribution in [1.29, 1.82) is 0 Å². The highest BCUT2D eigenvalue weighted by Gasteiger charge is 2.22. The second-order valence-electron chi connectivity index (χ2n) is 8.41. The van der Waals surface area contributed by atoms with Crippen molar-refractivity contribution < 1.29 is 4.79 Å². The quantitative estimate of drug-likeness (QED) is 0.522. The first-order valence-electron chi connectivity index (χ1n) is 11.0. The fourth-order valence-corrected chi connectivity index (χ4v) is 4.06. The molecule has 31 heavy (non-hydrogen) atoms.